The zero-order valence-electron chi connectivity index (χ0n) is 13.3. The van der Waals surface area contributed by atoms with E-state index < -0.39 is 0 Å². The highest BCUT2D eigenvalue weighted by molar-refractivity contribution is 5.94. The molecule has 0 atom stereocenters. The molecule has 3 rings (SSSR count). The van der Waals surface area contributed by atoms with Crippen molar-refractivity contribution in [3.05, 3.63) is 78.0 Å². The van der Waals surface area contributed by atoms with Crippen molar-refractivity contribution in [1.82, 2.24) is 19.9 Å². The second-order valence-electron chi connectivity index (χ2n) is 5.31. The predicted molar refractivity (Wildman–Crippen MR) is 89.7 cm³/mol. The van der Waals surface area contributed by atoms with Crippen molar-refractivity contribution in [2.24, 2.45) is 0 Å². The number of hydrogen-bond acceptors (Lipinski definition) is 4. The lowest BCUT2D eigenvalue weighted by molar-refractivity contribution is 0.0951. The standard InChI is InChI=1S/C18H18N4O2/c1-24-12-14-2-5-16(6-3-14)18(23)21-11-15-4-7-17(20-10-15)22-9-8-19-13-22/h2-10,13H,11-12H2,1H3,(H,21,23). The summed E-state index contributed by atoms with van der Waals surface area (Å²) in [6, 6.07) is 11.2. The van der Waals surface area contributed by atoms with Gasteiger partial charge in [-0.3, -0.25) is 9.36 Å². The van der Waals surface area contributed by atoms with Crippen molar-refractivity contribution < 1.29 is 9.53 Å². The molecule has 0 saturated carbocycles. The van der Waals surface area contributed by atoms with Crippen molar-refractivity contribution >= 4 is 5.91 Å². The summed E-state index contributed by atoms with van der Waals surface area (Å²) in [6.45, 7) is 0.965. The summed E-state index contributed by atoms with van der Waals surface area (Å²) in [5.74, 6) is 0.675. The molecule has 24 heavy (non-hydrogen) atoms. The lowest BCUT2D eigenvalue weighted by atomic mass is 10.1. The molecule has 0 aliphatic heterocycles. The monoisotopic (exact) mass is 322 g/mol. The molecule has 0 bridgehead atoms. The minimum absolute atomic E-state index is 0.113. The molecule has 1 aromatic carbocycles. The number of aromatic nitrogens is 3. The van der Waals surface area contributed by atoms with Gasteiger partial charge in [-0.25, -0.2) is 9.97 Å². The van der Waals surface area contributed by atoms with Gasteiger partial charge in [0.25, 0.3) is 5.91 Å². The molecule has 3 aromatic rings. The number of imidazole rings is 1. The van der Waals surface area contributed by atoms with Crippen molar-refractivity contribution in [3.8, 4) is 5.82 Å². The number of carbonyl (C=O) groups is 1. The Labute approximate surface area is 140 Å². The van der Waals surface area contributed by atoms with Crippen LogP contribution in [0.4, 0.5) is 0 Å². The van der Waals surface area contributed by atoms with E-state index in [1.54, 1.807) is 38.0 Å². The van der Waals surface area contributed by atoms with E-state index in [0.717, 1.165) is 16.9 Å². The van der Waals surface area contributed by atoms with E-state index in [4.69, 9.17) is 4.74 Å². The second-order valence-corrected chi connectivity index (χ2v) is 5.31. The van der Waals surface area contributed by atoms with Crippen LogP contribution in [-0.4, -0.2) is 27.6 Å². The summed E-state index contributed by atoms with van der Waals surface area (Å²) in [7, 11) is 1.65. The molecule has 6 heteroatoms. The van der Waals surface area contributed by atoms with Crippen LogP contribution in [0.25, 0.3) is 5.82 Å². The van der Waals surface area contributed by atoms with Crippen molar-refractivity contribution in [2.75, 3.05) is 7.11 Å². The van der Waals surface area contributed by atoms with Crippen LogP contribution in [0.15, 0.2) is 61.3 Å². The highest BCUT2D eigenvalue weighted by atomic mass is 16.5. The maximum Gasteiger partial charge on any atom is 0.251 e. The van der Waals surface area contributed by atoms with E-state index >= 15 is 0 Å². The number of rotatable bonds is 6. The molecule has 122 valence electrons. The molecule has 0 aliphatic rings. The third-order valence-corrected chi connectivity index (χ3v) is 3.56. The zero-order chi connectivity index (χ0) is 16.8. The van der Waals surface area contributed by atoms with Crippen LogP contribution >= 0.6 is 0 Å². The molecule has 0 unspecified atom stereocenters. The van der Waals surface area contributed by atoms with Crippen LogP contribution in [0, 0.1) is 0 Å². The van der Waals surface area contributed by atoms with Gasteiger partial charge in [-0.2, -0.15) is 0 Å². The Morgan fingerprint density at radius 3 is 2.58 bits per heavy atom. The first-order valence-electron chi connectivity index (χ1n) is 7.55. The zero-order valence-corrected chi connectivity index (χ0v) is 13.3. The van der Waals surface area contributed by atoms with Gasteiger partial charge in [0.15, 0.2) is 0 Å². The molecule has 1 N–H and O–H groups in total. The SMILES string of the molecule is COCc1ccc(C(=O)NCc2ccc(-n3ccnc3)nc2)cc1. The topological polar surface area (TPSA) is 69.0 Å². The number of pyridine rings is 1. The fourth-order valence-corrected chi connectivity index (χ4v) is 2.27. The third kappa shape index (κ3) is 3.85. The fraction of sp³-hybridized carbons (Fsp3) is 0.167. The van der Waals surface area contributed by atoms with Crippen LogP contribution in [-0.2, 0) is 17.9 Å². The molecule has 2 aromatic heterocycles. The van der Waals surface area contributed by atoms with E-state index in [0.29, 0.717) is 18.7 Å². The first kappa shape index (κ1) is 15.9. The summed E-state index contributed by atoms with van der Waals surface area (Å²) in [4.78, 5) is 20.5. The first-order chi connectivity index (χ1) is 11.8. The van der Waals surface area contributed by atoms with Crippen LogP contribution in [0.3, 0.4) is 0 Å². The molecular weight excluding hydrogens is 304 g/mol. The summed E-state index contributed by atoms with van der Waals surface area (Å²) < 4.78 is 6.88. The molecule has 2 heterocycles. The molecule has 0 aliphatic carbocycles. The number of methoxy groups -OCH3 is 1. The van der Waals surface area contributed by atoms with Crippen molar-refractivity contribution in [1.29, 1.82) is 0 Å². The average molecular weight is 322 g/mol. The summed E-state index contributed by atoms with van der Waals surface area (Å²) in [6.07, 6.45) is 6.97. The number of amides is 1. The number of benzene rings is 1. The molecule has 0 spiro atoms. The molecule has 0 radical (unpaired) electrons. The van der Waals surface area contributed by atoms with Gasteiger partial charge >= 0.3 is 0 Å². The van der Waals surface area contributed by atoms with Gasteiger partial charge in [0, 0.05) is 37.8 Å². The lowest BCUT2D eigenvalue weighted by Gasteiger charge is -2.07. The molecule has 0 saturated heterocycles. The molecule has 6 nitrogen and oxygen atoms in total. The molecular formula is C18H18N4O2. The normalized spacial score (nSPS) is 10.5. The van der Waals surface area contributed by atoms with E-state index in [2.05, 4.69) is 15.3 Å². The van der Waals surface area contributed by atoms with Crippen molar-refractivity contribution in [3.63, 3.8) is 0 Å². The van der Waals surface area contributed by atoms with Crippen LogP contribution in [0.1, 0.15) is 21.5 Å². The van der Waals surface area contributed by atoms with E-state index in [1.165, 1.54) is 0 Å². The van der Waals surface area contributed by atoms with E-state index in [9.17, 15) is 4.79 Å². The maximum atomic E-state index is 12.2. The molecule has 1 amide bonds. The Bertz CT molecular complexity index is 781. The number of hydrogen-bond donors (Lipinski definition) is 1. The Morgan fingerprint density at radius 1 is 1.17 bits per heavy atom. The van der Waals surface area contributed by atoms with Crippen LogP contribution in [0.2, 0.25) is 0 Å². The second kappa shape index (κ2) is 7.52. The number of carbonyl (C=O) groups excluding carboxylic acids is 1. The Balaban J connectivity index is 1.57. The van der Waals surface area contributed by atoms with Gasteiger partial charge in [0.2, 0.25) is 0 Å². The van der Waals surface area contributed by atoms with Gasteiger partial charge in [0.05, 0.1) is 6.61 Å². The average Bonchev–Trinajstić information content (AvgIpc) is 3.16. The van der Waals surface area contributed by atoms with Gasteiger partial charge in [0.1, 0.15) is 12.1 Å². The Morgan fingerprint density at radius 2 is 1.96 bits per heavy atom. The minimum Gasteiger partial charge on any atom is -0.380 e. The lowest BCUT2D eigenvalue weighted by Crippen LogP contribution is -2.22. The van der Waals surface area contributed by atoms with Gasteiger partial charge in [-0.1, -0.05) is 18.2 Å². The van der Waals surface area contributed by atoms with Crippen LogP contribution < -0.4 is 5.32 Å². The number of nitrogens with one attached hydrogen (secondary N) is 1. The fourth-order valence-electron chi connectivity index (χ4n) is 2.27. The smallest absolute Gasteiger partial charge is 0.251 e. The van der Waals surface area contributed by atoms with Crippen LogP contribution in [0.5, 0.6) is 0 Å². The third-order valence-electron chi connectivity index (χ3n) is 3.56. The first-order valence-corrected chi connectivity index (χ1v) is 7.55. The van der Waals surface area contributed by atoms with E-state index in [1.807, 2.05) is 35.0 Å². The highest BCUT2D eigenvalue weighted by Gasteiger charge is 2.06. The minimum atomic E-state index is -0.113. The largest absolute Gasteiger partial charge is 0.380 e. The number of nitrogens with zero attached hydrogens (tertiary/aromatic N) is 3. The van der Waals surface area contributed by atoms with Gasteiger partial charge in [-0.05, 0) is 29.3 Å². The Kier molecular flexibility index (Phi) is 4.98. The summed E-state index contributed by atoms with van der Waals surface area (Å²) >= 11 is 0. The van der Waals surface area contributed by atoms with Gasteiger partial charge < -0.3 is 10.1 Å². The van der Waals surface area contributed by atoms with E-state index in [-0.39, 0.29) is 5.91 Å². The quantitative estimate of drug-likeness (QED) is 0.756. The summed E-state index contributed by atoms with van der Waals surface area (Å²) in [5.41, 5.74) is 2.59. The highest BCUT2D eigenvalue weighted by Crippen LogP contribution is 2.07. The maximum absolute atomic E-state index is 12.2. The summed E-state index contributed by atoms with van der Waals surface area (Å²) in [5, 5.41) is 2.89. The van der Waals surface area contributed by atoms with Gasteiger partial charge in [-0.15, -0.1) is 0 Å². The molecule has 0 fully saturated rings. The number of ether oxygens (including phenoxy) is 1. The van der Waals surface area contributed by atoms with Crippen molar-refractivity contribution in [2.45, 2.75) is 13.2 Å². The predicted octanol–water partition coefficient (Wildman–Crippen LogP) is 2.34. The Hall–Kier alpha value is -2.99.